The summed E-state index contributed by atoms with van der Waals surface area (Å²) in [6, 6.07) is 0.751. The zero-order valence-electron chi connectivity index (χ0n) is 12.5. The molecule has 0 unspecified atom stereocenters. The molecule has 0 amide bonds. The average Bonchev–Trinajstić information content (AvgIpc) is 3.21. The molecule has 0 spiro atoms. The highest BCUT2D eigenvalue weighted by atomic mass is 16.3. The second-order valence-corrected chi connectivity index (χ2v) is 5.81. The number of hydrogen-bond donors (Lipinski definition) is 2. The van der Waals surface area contributed by atoms with Gasteiger partial charge in [0.25, 0.3) is 0 Å². The summed E-state index contributed by atoms with van der Waals surface area (Å²) in [5.41, 5.74) is 0.382. The minimum atomic E-state index is 0.294. The second kappa shape index (κ2) is 8.13. The molecule has 1 saturated carbocycles. The summed E-state index contributed by atoms with van der Waals surface area (Å²) in [6.07, 6.45) is 6.29. The van der Waals surface area contributed by atoms with Crippen LogP contribution in [0.2, 0.25) is 0 Å². The maximum absolute atomic E-state index is 9.21. The largest absolute Gasteiger partial charge is 0.395 e. The number of aliphatic hydroxyl groups excluding tert-OH is 1. The number of nitrogens with one attached hydrogen (secondary N) is 1. The first kappa shape index (κ1) is 15.9. The topological polar surface area (TPSA) is 35.5 Å². The molecule has 3 nitrogen and oxygen atoms in total. The van der Waals surface area contributed by atoms with Crippen LogP contribution in [0.15, 0.2) is 0 Å². The Hall–Kier alpha value is -0.120. The molecule has 2 N–H and O–H groups in total. The molecule has 18 heavy (non-hydrogen) atoms. The maximum Gasteiger partial charge on any atom is 0.0558 e. The fourth-order valence-electron chi connectivity index (χ4n) is 2.70. The van der Waals surface area contributed by atoms with Crippen molar-refractivity contribution in [3.05, 3.63) is 0 Å². The molecule has 3 heteroatoms. The number of aliphatic hydroxyl groups is 1. The fraction of sp³-hybridized carbons (Fsp3) is 1.00. The van der Waals surface area contributed by atoms with Crippen LogP contribution in [0, 0.1) is 5.41 Å². The summed E-state index contributed by atoms with van der Waals surface area (Å²) in [6.45, 7) is 11.3. The van der Waals surface area contributed by atoms with Gasteiger partial charge in [0.1, 0.15) is 0 Å². The Morgan fingerprint density at radius 3 is 2.33 bits per heavy atom. The smallest absolute Gasteiger partial charge is 0.0558 e. The van der Waals surface area contributed by atoms with E-state index < -0.39 is 0 Å². The molecule has 0 atom stereocenters. The molecule has 0 radical (unpaired) electrons. The molecule has 0 heterocycles. The van der Waals surface area contributed by atoms with Gasteiger partial charge in [-0.05, 0) is 44.1 Å². The Morgan fingerprint density at radius 2 is 1.89 bits per heavy atom. The molecule has 0 aliphatic heterocycles. The van der Waals surface area contributed by atoms with Crippen molar-refractivity contribution in [1.82, 2.24) is 10.2 Å². The summed E-state index contributed by atoms with van der Waals surface area (Å²) in [4.78, 5) is 2.51. The monoisotopic (exact) mass is 256 g/mol. The lowest BCUT2D eigenvalue weighted by Crippen LogP contribution is -2.45. The van der Waals surface area contributed by atoms with Crippen LogP contribution in [0.4, 0.5) is 0 Å². The van der Waals surface area contributed by atoms with Gasteiger partial charge in [-0.15, -0.1) is 0 Å². The molecule has 1 aliphatic rings. The van der Waals surface area contributed by atoms with Crippen molar-refractivity contribution in [1.29, 1.82) is 0 Å². The van der Waals surface area contributed by atoms with E-state index in [4.69, 9.17) is 0 Å². The van der Waals surface area contributed by atoms with Crippen LogP contribution in [0.25, 0.3) is 0 Å². The van der Waals surface area contributed by atoms with E-state index in [1.807, 2.05) is 0 Å². The lowest BCUT2D eigenvalue weighted by atomic mass is 9.81. The normalized spacial score (nSPS) is 16.5. The summed E-state index contributed by atoms with van der Waals surface area (Å²) < 4.78 is 0. The second-order valence-electron chi connectivity index (χ2n) is 5.81. The average molecular weight is 256 g/mol. The van der Waals surface area contributed by atoms with Crippen molar-refractivity contribution >= 4 is 0 Å². The standard InChI is InChI=1S/C15H32N2O/c1-4-9-16-12-15(5-2,6-3)13-17(10-11-18)14-7-8-14/h14,16,18H,4-13H2,1-3H3. The van der Waals surface area contributed by atoms with Gasteiger partial charge in [0.05, 0.1) is 6.61 Å². The van der Waals surface area contributed by atoms with Crippen molar-refractivity contribution in [3.8, 4) is 0 Å². The van der Waals surface area contributed by atoms with Crippen LogP contribution >= 0.6 is 0 Å². The van der Waals surface area contributed by atoms with E-state index >= 15 is 0 Å². The maximum atomic E-state index is 9.21. The SMILES string of the molecule is CCCNCC(CC)(CC)CN(CCO)C1CC1. The molecule has 0 aromatic carbocycles. The molecule has 0 aromatic rings. The third kappa shape index (κ3) is 4.87. The highest BCUT2D eigenvalue weighted by Crippen LogP contribution is 2.33. The van der Waals surface area contributed by atoms with Crippen LogP contribution in [0.3, 0.4) is 0 Å². The summed E-state index contributed by atoms with van der Waals surface area (Å²) in [5, 5.41) is 12.8. The predicted octanol–water partition coefficient (Wildman–Crippen LogP) is 2.25. The number of nitrogens with zero attached hydrogens (tertiary/aromatic N) is 1. The van der Waals surface area contributed by atoms with Crippen LogP contribution < -0.4 is 5.32 Å². The Bertz CT molecular complexity index is 213. The lowest BCUT2D eigenvalue weighted by Gasteiger charge is -2.37. The quantitative estimate of drug-likeness (QED) is 0.557. The zero-order valence-corrected chi connectivity index (χ0v) is 12.5. The third-order valence-corrected chi connectivity index (χ3v) is 4.42. The molecule has 1 rings (SSSR count). The van der Waals surface area contributed by atoms with Gasteiger partial charge < -0.3 is 10.4 Å². The Balaban J connectivity index is 2.51. The van der Waals surface area contributed by atoms with Crippen LogP contribution in [0.5, 0.6) is 0 Å². The van der Waals surface area contributed by atoms with Crippen molar-refractivity contribution in [3.63, 3.8) is 0 Å². The van der Waals surface area contributed by atoms with E-state index in [1.54, 1.807) is 0 Å². The highest BCUT2D eigenvalue weighted by molar-refractivity contribution is 4.90. The first-order chi connectivity index (χ1) is 8.71. The van der Waals surface area contributed by atoms with E-state index in [2.05, 4.69) is 31.0 Å². The molecule has 1 fully saturated rings. The van der Waals surface area contributed by atoms with Crippen molar-refractivity contribution in [2.45, 2.75) is 58.9 Å². The van der Waals surface area contributed by atoms with Gasteiger partial charge >= 0.3 is 0 Å². The van der Waals surface area contributed by atoms with Gasteiger partial charge in [-0.2, -0.15) is 0 Å². The number of rotatable bonds is 11. The minimum absolute atomic E-state index is 0.294. The molecular weight excluding hydrogens is 224 g/mol. The summed E-state index contributed by atoms with van der Waals surface area (Å²) in [5.74, 6) is 0. The van der Waals surface area contributed by atoms with Crippen LogP contribution in [-0.2, 0) is 0 Å². The Morgan fingerprint density at radius 1 is 1.22 bits per heavy atom. The van der Waals surface area contributed by atoms with Crippen LogP contribution in [-0.4, -0.2) is 48.8 Å². The molecular formula is C15H32N2O. The Kier molecular flexibility index (Phi) is 7.20. The van der Waals surface area contributed by atoms with E-state index in [-0.39, 0.29) is 0 Å². The van der Waals surface area contributed by atoms with E-state index in [1.165, 1.54) is 32.1 Å². The zero-order chi connectivity index (χ0) is 13.4. The fourth-order valence-corrected chi connectivity index (χ4v) is 2.70. The van der Waals surface area contributed by atoms with Crippen molar-refractivity contribution < 1.29 is 5.11 Å². The summed E-state index contributed by atoms with van der Waals surface area (Å²) >= 11 is 0. The first-order valence-electron chi connectivity index (χ1n) is 7.77. The van der Waals surface area contributed by atoms with Gasteiger partial charge in [-0.3, -0.25) is 4.90 Å². The Labute approximate surface area is 113 Å². The molecule has 108 valence electrons. The van der Waals surface area contributed by atoms with Crippen molar-refractivity contribution in [2.24, 2.45) is 5.41 Å². The van der Waals surface area contributed by atoms with Gasteiger partial charge in [0.15, 0.2) is 0 Å². The molecule has 0 saturated heterocycles. The van der Waals surface area contributed by atoms with Crippen molar-refractivity contribution in [2.75, 3.05) is 32.8 Å². The first-order valence-corrected chi connectivity index (χ1v) is 7.77. The van der Waals surface area contributed by atoms with Gasteiger partial charge in [0, 0.05) is 25.7 Å². The minimum Gasteiger partial charge on any atom is -0.395 e. The van der Waals surface area contributed by atoms with E-state index in [0.29, 0.717) is 12.0 Å². The third-order valence-electron chi connectivity index (χ3n) is 4.42. The number of hydrogen-bond acceptors (Lipinski definition) is 3. The van der Waals surface area contributed by atoms with E-state index in [9.17, 15) is 5.11 Å². The molecule has 0 aromatic heterocycles. The molecule has 1 aliphatic carbocycles. The lowest BCUT2D eigenvalue weighted by molar-refractivity contribution is 0.108. The van der Waals surface area contributed by atoms with Gasteiger partial charge in [-0.1, -0.05) is 20.8 Å². The van der Waals surface area contributed by atoms with Gasteiger partial charge in [-0.25, -0.2) is 0 Å². The van der Waals surface area contributed by atoms with Crippen LogP contribution in [0.1, 0.15) is 52.9 Å². The summed E-state index contributed by atoms with van der Waals surface area (Å²) in [7, 11) is 0. The van der Waals surface area contributed by atoms with Gasteiger partial charge in [0.2, 0.25) is 0 Å². The van der Waals surface area contributed by atoms with E-state index in [0.717, 1.165) is 32.2 Å². The molecule has 0 bridgehead atoms. The predicted molar refractivity (Wildman–Crippen MR) is 77.9 cm³/mol. The highest BCUT2D eigenvalue weighted by Gasteiger charge is 2.35.